The minimum atomic E-state index is -0.339. The summed E-state index contributed by atoms with van der Waals surface area (Å²) in [5.74, 6) is 0.869. The largest absolute Gasteiger partial charge is 0.496 e. The molecule has 0 aliphatic heterocycles. The van der Waals surface area contributed by atoms with E-state index in [9.17, 15) is 0 Å². The number of nitrogens with one attached hydrogen (secondary N) is 1. The summed E-state index contributed by atoms with van der Waals surface area (Å²) in [7, 11) is 1.68. The molecule has 0 bridgehead atoms. The van der Waals surface area contributed by atoms with Crippen LogP contribution in [0.5, 0.6) is 5.75 Å². The van der Waals surface area contributed by atoms with E-state index in [1.165, 1.54) is 0 Å². The quantitative estimate of drug-likeness (QED) is 0.673. The summed E-state index contributed by atoms with van der Waals surface area (Å²) in [5.41, 5.74) is 9.32. The molecule has 1 unspecified atom stereocenters. The topological polar surface area (TPSA) is 60.2 Å². The SMILES string of the molecule is COc1ccccc1CNC(C)(C)C(N)c1ccnc2cc(Cl)ccc12. The molecule has 4 nitrogen and oxygen atoms in total. The molecule has 26 heavy (non-hydrogen) atoms. The van der Waals surface area contributed by atoms with E-state index in [0.717, 1.165) is 27.8 Å². The van der Waals surface area contributed by atoms with Crippen LogP contribution in [0.4, 0.5) is 0 Å². The van der Waals surface area contributed by atoms with Crippen LogP contribution in [0, 0.1) is 0 Å². The molecule has 2 aromatic carbocycles. The lowest BCUT2D eigenvalue weighted by molar-refractivity contribution is 0.318. The lowest BCUT2D eigenvalue weighted by Crippen LogP contribution is -2.48. The van der Waals surface area contributed by atoms with Crippen molar-refractivity contribution in [3.05, 3.63) is 70.9 Å². The van der Waals surface area contributed by atoms with E-state index in [-0.39, 0.29) is 11.6 Å². The molecule has 0 fully saturated rings. The molecule has 0 aliphatic rings. The summed E-state index contributed by atoms with van der Waals surface area (Å²) in [6, 6.07) is 15.5. The molecule has 3 N–H and O–H groups in total. The van der Waals surface area contributed by atoms with Gasteiger partial charge in [0.25, 0.3) is 0 Å². The maximum absolute atomic E-state index is 6.66. The van der Waals surface area contributed by atoms with Crippen LogP contribution in [0.1, 0.15) is 31.0 Å². The van der Waals surface area contributed by atoms with Crippen molar-refractivity contribution in [2.45, 2.75) is 32.0 Å². The van der Waals surface area contributed by atoms with E-state index in [2.05, 4.69) is 30.2 Å². The maximum Gasteiger partial charge on any atom is 0.123 e. The highest BCUT2D eigenvalue weighted by Crippen LogP contribution is 2.30. The lowest BCUT2D eigenvalue weighted by atomic mass is 9.87. The monoisotopic (exact) mass is 369 g/mol. The third-order valence-electron chi connectivity index (χ3n) is 4.78. The smallest absolute Gasteiger partial charge is 0.123 e. The number of benzene rings is 2. The normalized spacial score (nSPS) is 13.0. The van der Waals surface area contributed by atoms with Gasteiger partial charge in [0, 0.05) is 40.3 Å². The number of fused-ring (bicyclic) bond motifs is 1. The van der Waals surface area contributed by atoms with Gasteiger partial charge in [-0.05, 0) is 43.7 Å². The molecule has 5 heteroatoms. The van der Waals surface area contributed by atoms with E-state index >= 15 is 0 Å². The van der Waals surface area contributed by atoms with Gasteiger partial charge in [-0.2, -0.15) is 0 Å². The number of nitrogens with two attached hydrogens (primary N) is 1. The standard InChI is InChI=1S/C21H24ClN3O/c1-21(2,25-13-14-6-4-5-7-19(14)26-3)20(23)17-10-11-24-18-12-15(22)8-9-16(17)18/h4-12,20,25H,13,23H2,1-3H3. The highest BCUT2D eigenvalue weighted by atomic mass is 35.5. The van der Waals surface area contributed by atoms with Crippen LogP contribution in [0.25, 0.3) is 10.9 Å². The Morgan fingerprint density at radius 3 is 2.73 bits per heavy atom. The van der Waals surface area contributed by atoms with E-state index in [4.69, 9.17) is 22.1 Å². The summed E-state index contributed by atoms with van der Waals surface area (Å²) in [6.45, 7) is 4.88. The molecule has 0 radical (unpaired) electrons. The Bertz CT molecular complexity index is 911. The van der Waals surface area contributed by atoms with Crippen LogP contribution in [0.15, 0.2) is 54.7 Å². The molecule has 1 heterocycles. The van der Waals surface area contributed by atoms with Gasteiger partial charge < -0.3 is 15.8 Å². The zero-order chi connectivity index (χ0) is 18.7. The Kier molecular flexibility index (Phi) is 5.47. The number of ether oxygens (including phenoxy) is 1. The summed E-state index contributed by atoms with van der Waals surface area (Å²) >= 11 is 6.09. The third kappa shape index (κ3) is 3.83. The molecule has 1 aromatic heterocycles. The van der Waals surface area contributed by atoms with Crippen molar-refractivity contribution in [3.8, 4) is 5.75 Å². The minimum Gasteiger partial charge on any atom is -0.496 e. The fourth-order valence-corrected chi connectivity index (χ4v) is 3.25. The summed E-state index contributed by atoms with van der Waals surface area (Å²) < 4.78 is 5.43. The van der Waals surface area contributed by atoms with Crippen molar-refractivity contribution < 1.29 is 4.74 Å². The molecule has 1 atom stereocenters. The van der Waals surface area contributed by atoms with Crippen molar-refractivity contribution in [1.82, 2.24) is 10.3 Å². The first-order valence-electron chi connectivity index (χ1n) is 8.59. The second-order valence-corrected chi connectivity index (χ2v) is 7.36. The molecular formula is C21H24ClN3O. The molecule has 3 rings (SSSR count). The van der Waals surface area contributed by atoms with Crippen molar-refractivity contribution in [1.29, 1.82) is 0 Å². The van der Waals surface area contributed by atoms with Crippen molar-refractivity contribution in [2.75, 3.05) is 7.11 Å². The van der Waals surface area contributed by atoms with Crippen LogP contribution in [0.3, 0.4) is 0 Å². The van der Waals surface area contributed by atoms with E-state index in [1.807, 2.05) is 42.5 Å². The van der Waals surface area contributed by atoms with E-state index in [0.29, 0.717) is 11.6 Å². The lowest BCUT2D eigenvalue weighted by Gasteiger charge is -2.34. The second-order valence-electron chi connectivity index (χ2n) is 6.93. The van der Waals surface area contributed by atoms with Gasteiger partial charge in [-0.1, -0.05) is 35.9 Å². The number of aromatic nitrogens is 1. The van der Waals surface area contributed by atoms with Crippen LogP contribution >= 0.6 is 11.6 Å². The number of hydrogen-bond donors (Lipinski definition) is 2. The van der Waals surface area contributed by atoms with Gasteiger partial charge in [-0.3, -0.25) is 4.98 Å². The first kappa shape index (κ1) is 18.6. The molecule has 0 spiro atoms. The van der Waals surface area contributed by atoms with Crippen molar-refractivity contribution in [3.63, 3.8) is 0 Å². The molecule has 136 valence electrons. The third-order valence-corrected chi connectivity index (χ3v) is 5.01. The fourth-order valence-electron chi connectivity index (χ4n) is 3.09. The zero-order valence-corrected chi connectivity index (χ0v) is 16.0. The van der Waals surface area contributed by atoms with E-state index < -0.39 is 0 Å². The number of rotatable bonds is 6. The van der Waals surface area contributed by atoms with Crippen LogP contribution < -0.4 is 15.8 Å². The fraction of sp³-hybridized carbons (Fsp3) is 0.286. The van der Waals surface area contributed by atoms with Crippen LogP contribution in [-0.2, 0) is 6.54 Å². The Balaban J connectivity index is 1.85. The van der Waals surface area contributed by atoms with Gasteiger partial charge in [0.2, 0.25) is 0 Å². The highest BCUT2D eigenvalue weighted by molar-refractivity contribution is 6.31. The van der Waals surface area contributed by atoms with Gasteiger partial charge in [0.05, 0.1) is 12.6 Å². The van der Waals surface area contributed by atoms with Gasteiger partial charge >= 0.3 is 0 Å². The number of para-hydroxylation sites is 1. The van der Waals surface area contributed by atoms with Gasteiger partial charge in [-0.25, -0.2) is 0 Å². The molecule has 0 amide bonds. The highest BCUT2D eigenvalue weighted by Gasteiger charge is 2.28. The number of nitrogens with zero attached hydrogens (tertiary/aromatic N) is 1. The Labute approximate surface area is 159 Å². The Morgan fingerprint density at radius 2 is 1.96 bits per heavy atom. The minimum absolute atomic E-state index is 0.219. The number of pyridine rings is 1. The summed E-state index contributed by atoms with van der Waals surface area (Å²) in [4.78, 5) is 4.41. The van der Waals surface area contributed by atoms with Gasteiger partial charge in [-0.15, -0.1) is 0 Å². The Morgan fingerprint density at radius 1 is 1.19 bits per heavy atom. The Hall–Kier alpha value is -2.14. The maximum atomic E-state index is 6.66. The average molecular weight is 370 g/mol. The van der Waals surface area contributed by atoms with Crippen LogP contribution in [-0.4, -0.2) is 17.6 Å². The predicted molar refractivity (Wildman–Crippen MR) is 108 cm³/mol. The first-order valence-corrected chi connectivity index (χ1v) is 8.97. The molecular weight excluding hydrogens is 346 g/mol. The van der Waals surface area contributed by atoms with E-state index in [1.54, 1.807) is 13.3 Å². The molecule has 0 saturated heterocycles. The molecule has 3 aromatic rings. The van der Waals surface area contributed by atoms with Crippen molar-refractivity contribution in [2.24, 2.45) is 5.73 Å². The average Bonchev–Trinajstić information content (AvgIpc) is 2.65. The zero-order valence-electron chi connectivity index (χ0n) is 15.3. The second kappa shape index (κ2) is 7.62. The number of methoxy groups -OCH3 is 1. The number of hydrogen-bond acceptors (Lipinski definition) is 4. The van der Waals surface area contributed by atoms with Crippen molar-refractivity contribution >= 4 is 22.5 Å². The summed E-state index contributed by atoms with van der Waals surface area (Å²) in [5, 5.41) is 5.27. The first-order chi connectivity index (χ1) is 12.4. The van der Waals surface area contributed by atoms with Crippen LogP contribution in [0.2, 0.25) is 5.02 Å². The molecule has 0 aliphatic carbocycles. The predicted octanol–water partition coefficient (Wildman–Crippen LogP) is 4.47. The molecule has 0 saturated carbocycles. The van der Waals surface area contributed by atoms with Gasteiger partial charge in [0.1, 0.15) is 5.75 Å². The summed E-state index contributed by atoms with van der Waals surface area (Å²) in [6.07, 6.45) is 1.78. The van der Waals surface area contributed by atoms with Gasteiger partial charge in [0.15, 0.2) is 0 Å². The number of halogens is 1.